The average molecular weight is 887 g/mol. The molecule has 0 spiro atoms. The number of nitrogens with zero attached hydrogens (tertiary/aromatic N) is 2. The summed E-state index contributed by atoms with van der Waals surface area (Å²) in [5, 5.41) is 22.5. The normalized spacial score (nSPS) is 17.6. The van der Waals surface area contributed by atoms with Crippen LogP contribution < -0.4 is 0 Å². The Morgan fingerprint density at radius 2 is 1.54 bits per heavy atom. The summed E-state index contributed by atoms with van der Waals surface area (Å²) in [4.78, 5) is 44.4. The number of aromatic nitrogens is 4. The van der Waals surface area contributed by atoms with Crippen molar-refractivity contribution < 1.29 is 29.3 Å². The van der Waals surface area contributed by atoms with Gasteiger partial charge in [0.1, 0.15) is 17.9 Å². The molecule has 4 N–H and O–H groups in total. The minimum atomic E-state index is -0.666. The number of ether oxygens (including phenoxy) is 2. The molecule has 0 radical (unpaired) electrons. The number of hydrogen-bond acceptors (Lipinski definition) is 8. The van der Waals surface area contributed by atoms with Crippen LogP contribution in [0, 0.1) is 24.7 Å². The molecule has 4 aliphatic rings. The SMILES string of the molecule is C=CC1=C(C)c2cc3[nH]c(c4c5[nH]c(cc6nc(cc1n2)C(CO)=C6CC)c(C)c5C(O)=C4C(=O)OC)[C@@H](CCC(=O)OC/C=C(\C)CCC[C@H](C)CCC[C@H](C)CCCC(C)C)[C@@H]3C. The highest BCUT2D eigenvalue weighted by Gasteiger charge is 2.39. The highest BCUT2D eigenvalue weighted by Crippen LogP contribution is 2.49. The van der Waals surface area contributed by atoms with Crippen molar-refractivity contribution in [2.24, 2.45) is 17.8 Å². The monoisotopic (exact) mass is 887 g/mol. The number of allylic oxidation sites excluding steroid dienone is 5. The molecule has 4 atom stereocenters. The van der Waals surface area contributed by atoms with Gasteiger partial charge >= 0.3 is 11.9 Å². The van der Waals surface area contributed by atoms with Crippen LogP contribution in [0.15, 0.2) is 42.5 Å². The van der Waals surface area contributed by atoms with Gasteiger partial charge in [0.15, 0.2) is 0 Å². The quantitative estimate of drug-likeness (QED) is 0.0715. The minimum Gasteiger partial charge on any atom is -0.506 e. The average Bonchev–Trinajstić information content (AvgIpc) is 4.02. The summed E-state index contributed by atoms with van der Waals surface area (Å²) < 4.78 is 11.1. The minimum absolute atomic E-state index is 0.0594. The highest BCUT2D eigenvalue weighted by molar-refractivity contribution is 6.30. The van der Waals surface area contributed by atoms with Crippen LogP contribution in [-0.4, -0.2) is 62.4 Å². The van der Waals surface area contributed by atoms with E-state index < -0.39 is 5.97 Å². The number of aliphatic hydroxyl groups excluding tert-OH is 2. The molecule has 2 aromatic heterocycles. The lowest BCUT2D eigenvalue weighted by molar-refractivity contribution is -0.142. The van der Waals surface area contributed by atoms with Crippen LogP contribution in [0.4, 0.5) is 0 Å². The zero-order valence-electron chi connectivity index (χ0n) is 40.8. The molecule has 0 fully saturated rings. The molecule has 10 heteroatoms. The van der Waals surface area contributed by atoms with E-state index in [4.69, 9.17) is 19.4 Å². The number of aromatic amines is 2. The van der Waals surface area contributed by atoms with Crippen molar-refractivity contribution in [2.45, 2.75) is 151 Å². The summed E-state index contributed by atoms with van der Waals surface area (Å²) in [6.07, 6.45) is 16.3. The van der Waals surface area contributed by atoms with E-state index in [1.54, 1.807) is 6.08 Å². The van der Waals surface area contributed by atoms with Crippen LogP contribution in [-0.2, 0) is 19.1 Å². The fourth-order valence-electron chi connectivity index (χ4n) is 10.2. The van der Waals surface area contributed by atoms with E-state index >= 15 is 0 Å². The predicted molar refractivity (Wildman–Crippen MR) is 265 cm³/mol. The standard InChI is InChI=1S/C55H74N4O6/c1-12-38-35(8)42-27-43-36(9)40(23-24-48(61)65-26-25-34(7)22-16-21-33(6)20-15-19-32(5)18-14-17-31(3)4)52(58-43)50-51(55(63)64-11)54(62)49-37(10)44(59-53(49)50)28-46-39(13-2)41(30-60)47(57-46)29-45(38)56-42/h12,25,27-29,31-33,36,40,58-60,62H,1,13-24,26,30H2,2-11H3/b34-25+,43-27?,45-29?,46-28?,52-50?/t32-,33-,36+,40+/m1/s1. The van der Waals surface area contributed by atoms with E-state index in [2.05, 4.69) is 58.1 Å². The van der Waals surface area contributed by atoms with Crippen molar-refractivity contribution in [3.8, 4) is 0 Å². The van der Waals surface area contributed by atoms with Crippen molar-refractivity contribution in [1.29, 1.82) is 0 Å². The van der Waals surface area contributed by atoms with Crippen LogP contribution in [0.3, 0.4) is 0 Å². The molecule has 0 unspecified atom stereocenters. The molecule has 350 valence electrons. The second-order valence-corrected chi connectivity index (χ2v) is 19.4. The summed E-state index contributed by atoms with van der Waals surface area (Å²) in [6, 6.07) is 5.87. The largest absolute Gasteiger partial charge is 0.506 e. The van der Waals surface area contributed by atoms with Crippen LogP contribution in [0.2, 0.25) is 0 Å². The van der Waals surface area contributed by atoms with Crippen LogP contribution >= 0.6 is 0 Å². The van der Waals surface area contributed by atoms with E-state index in [9.17, 15) is 19.8 Å². The number of rotatable bonds is 21. The molecule has 65 heavy (non-hydrogen) atoms. The fraction of sp³-hybridized carbons (Fsp3) is 0.527. The first-order valence-corrected chi connectivity index (χ1v) is 24.2. The zero-order valence-corrected chi connectivity index (χ0v) is 40.8. The Balaban J connectivity index is 1.25. The van der Waals surface area contributed by atoms with Crippen molar-refractivity contribution in [1.82, 2.24) is 19.9 Å². The Morgan fingerprint density at radius 3 is 2.18 bits per heavy atom. The van der Waals surface area contributed by atoms with Gasteiger partial charge in [-0.3, -0.25) is 4.79 Å². The predicted octanol–water partition coefficient (Wildman–Crippen LogP) is 13.3. The highest BCUT2D eigenvalue weighted by atomic mass is 16.5. The second kappa shape index (κ2) is 21.8. The molecule has 1 aliphatic carbocycles. The van der Waals surface area contributed by atoms with E-state index in [0.29, 0.717) is 63.7 Å². The Labute approximate surface area is 387 Å². The number of carbonyl (C=O) groups is 2. The number of carbonyl (C=O) groups excluding carboxylic acids is 2. The molecule has 3 aliphatic heterocycles. The molecule has 8 bridgehead atoms. The first-order chi connectivity index (χ1) is 31.1. The third-order valence-corrected chi connectivity index (χ3v) is 14.2. The molecule has 0 amide bonds. The third-order valence-electron chi connectivity index (χ3n) is 14.2. The topological polar surface area (TPSA) is 150 Å². The number of H-pyrrole nitrogens is 2. The molecule has 0 saturated heterocycles. The van der Waals surface area contributed by atoms with Gasteiger partial charge in [-0.2, -0.15) is 0 Å². The van der Waals surface area contributed by atoms with Gasteiger partial charge in [-0.25, -0.2) is 14.8 Å². The summed E-state index contributed by atoms with van der Waals surface area (Å²) in [5.74, 6) is 0.786. The smallest absolute Gasteiger partial charge is 0.342 e. The summed E-state index contributed by atoms with van der Waals surface area (Å²) >= 11 is 0. The number of fused-ring (bicyclic) bond motifs is 8. The lowest BCUT2D eigenvalue weighted by atomic mass is 9.85. The fourth-order valence-corrected chi connectivity index (χ4v) is 10.2. The van der Waals surface area contributed by atoms with Gasteiger partial charge < -0.3 is 29.7 Å². The number of hydrogen-bond donors (Lipinski definition) is 4. The van der Waals surface area contributed by atoms with Crippen molar-refractivity contribution in [3.63, 3.8) is 0 Å². The van der Waals surface area contributed by atoms with Crippen molar-refractivity contribution in [2.75, 3.05) is 20.3 Å². The van der Waals surface area contributed by atoms with Crippen LogP contribution in [0.5, 0.6) is 0 Å². The number of aliphatic hydroxyl groups is 2. The first-order valence-electron chi connectivity index (χ1n) is 24.2. The van der Waals surface area contributed by atoms with Gasteiger partial charge in [0.2, 0.25) is 0 Å². The van der Waals surface area contributed by atoms with Gasteiger partial charge in [-0.05, 0) is 105 Å². The summed E-state index contributed by atoms with van der Waals surface area (Å²) in [7, 11) is 1.31. The molecular formula is C55H74N4O6. The Morgan fingerprint density at radius 1 is 0.877 bits per heavy atom. The Bertz CT molecular complexity index is 2470. The first kappa shape index (κ1) is 49.2. The molecule has 5 heterocycles. The third kappa shape index (κ3) is 10.9. The van der Waals surface area contributed by atoms with Gasteiger partial charge in [0.05, 0.1) is 42.0 Å². The van der Waals surface area contributed by atoms with Crippen LogP contribution in [0.25, 0.3) is 44.7 Å². The maximum atomic E-state index is 13.6. The number of aryl methyl sites for hydroxylation is 1. The molecule has 2 aromatic rings. The number of nitrogens with one attached hydrogen (secondary N) is 2. The van der Waals surface area contributed by atoms with Crippen molar-refractivity contribution in [3.05, 3.63) is 93.4 Å². The van der Waals surface area contributed by atoms with Gasteiger partial charge in [0.25, 0.3) is 0 Å². The molecule has 10 nitrogen and oxygen atoms in total. The number of esters is 2. The summed E-state index contributed by atoms with van der Waals surface area (Å²) in [6.45, 7) is 23.7. The molecular weight excluding hydrogens is 813 g/mol. The van der Waals surface area contributed by atoms with E-state index in [0.717, 1.165) is 63.9 Å². The zero-order chi connectivity index (χ0) is 47.1. The van der Waals surface area contributed by atoms with E-state index in [1.807, 2.05) is 45.0 Å². The Kier molecular flexibility index (Phi) is 16.5. The van der Waals surface area contributed by atoms with Gasteiger partial charge in [-0.1, -0.05) is 105 Å². The Hall–Kier alpha value is -5.22. The lowest BCUT2D eigenvalue weighted by Gasteiger charge is -2.18. The maximum Gasteiger partial charge on any atom is 0.342 e. The summed E-state index contributed by atoms with van der Waals surface area (Å²) in [5.41, 5.74) is 12.1. The second-order valence-electron chi connectivity index (χ2n) is 19.4. The molecule has 0 saturated carbocycles. The van der Waals surface area contributed by atoms with Gasteiger partial charge in [-0.15, -0.1) is 0 Å². The van der Waals surface area contributed by atoms with E-state index in [1.165, 1.54) is 57.6 Å². The molecule has 0 aromatic carbocycles. The van der Waals surface area contributed by atoms with Crippen LogP contribution in [0.1, 0.15) is 195 Å². The lowest BCUT2D eigenvalue weighted by Crippen LogP contribution is -2.12. The van der Waals surface area contributed by atoms with Gasteiger partial charge in [0, 0.05) is 57.4 Å². The molecule has 6 rings (SSSR count). The maximum absolute atomic E-state index is 13.6. The number of methoxy groups -OCH3 is 1. The van der Waals surface area contributed by atoms with Crippen molar-refractivity contribution >= 4 is 56.6 Å². The van der Waals surface area contributed by atoms with E-state index in [-0.39, 0.29) is 48.8 Å².